The van der Waals surface area contributed by atoms with Crippen LogP contribution in [0.1, 0.15) is 29.3 Å². The van der Waals surface area contributed by atoms with Crippen molar-refractivity contribution in [3.63, 3.8) is 0 Å². The standard InChI is InChI=1S/C17H17N3O2/c1-12(21)19-16-11-14(8-9-18-16)17(22)20-10-4-6-13-5-2-3-7-15(13)20/h2-3,5,7-9,11H,4,6,10H2,1H3,(H,18,19,21). The van der Waals surface area contributed by atoms with Crippen LogP contribution in [0.5, 0.6) is 0 Å². The maximum atomic E-state index is 12.8. The number of pyridine rings is 1. The van der Waals surface area contributed by atoms with E-state index in [4.69, 9.17) is 0 Å². The van der Waals surface area contributed by atoms with Gasteiger partial charge in [-0.25, -0.2) is 4.98 Å². The van der Waals surface area contributed by atoms with Crippen molar-refractivity contribution in [3.05, 3.63) is 53.7 Å². The van der Waals surface area contributed by atoms with Gasteiger partial charge in [-0.1, -0.05) is 18.2 Å². The molecule has 0 radical (unpaired) electrons. The minimum atomic E-state index is -0.208. The lowest BCUT2D eigenvalue weighted by Gasteiger charge is -2.29. The maximum absolute atomic E-state index is 12.8. The number of anilines is 2. The van der Waals surface area contributed by atoms with Crippen LogP contribution >= 0.6 is 0 Å². The Bertz CT molecular complexity index is 727. The lowest BCUT2D eigenvalue weighted by atomic mass is 10.0. The minimum Gasteiger partial charge on any atom is -0.311 e. The maximum Gasteiger partial charge on any atom is 0.258 e. The zero-order valence-corrected chi connectivity index (χ0v) is 12.4. The van der Waals surface area contributed by atoms with Gasteiger partial charge in [-0.3, -0.25) is 9.59 Å². The molecule has 2 aromatic rings. The summed E-state index contributed by atoms with van der Waals surface area (Å²) in [5.41, 5.74) is 2.69. The van der Waals surface area contributed by atoms with Crippen LogP contribution in [0.15, 0.2) is 42.6 Å². The van der Waals surface area contributed by atoms with E-state index in [9.17, 15) is 9.59 Å². The number of benzene rings is 1. The monoisotopic (exact) mass is 295 g/mol. The second-order valence-electron chi connectivity index (χ2n) is 5.30. The predicted molar refractivity (Wildman–Crippen MR) is 85.0 cm³/mol. The van der Waals surface area contributed by atoms with E-state index in [1.807, 2.05) is 18.2 Å². The summed E-state index contributed by atoms with van der Waals surface area (Å²) in [7, 11) is 0. The van der Waals surface area contributed by atoms with Crippen molar-refractivity contribution >= 4 is 23.3 Å². The first-order valence-electron chi connectivity index (χ1n) is 7.28. The number of hydrogen-bond donors (Lipinski definition) is 1. The highest BCUT2D eigenvalue weighted by atomic mass is 16.2. The van der Waals surface area contributed by atoms with Gasteiger partial charge in [-0.15, -0.1) is 0 Å². The summed E-state index contributed by atoms with van der Waals surface area (Å²) in [6.07, 6.45) is 3.48. The molecule has 0 aliphatic carbocycles. The molecule has 2 amide bonds. The zero-order valence-electron chi connectivity index (χ0n) is 12.4. The molecule has 1 aromatic carbocycles. The number of nitrogens with zero attached hydrogens (tertiary/aromatic N) is 2. The quantitative estimate of drug-likeness (QED) is 0.926. The highest BCUT2D eigenvalue weighted by molar-refractivity contribution is 6.07. The summed E-state index contributed by atoms with van der Waals surface area (Å²) < 4.78 is 0. The summed E-state index contributed by atoms with van der Waals surface area (Å²) >= 11 is 0. The molecular weight excluding hydrogens is 278 g/mol. The number of carbonyl (C=O) groups is 2. The van der Waals surface area contributed by atoms with Crippen LogP contribution in [-0.4, -0.2) is 23.3 Å². The molecule has 0 saturated carbocycles. The van der Waals surface area contributed by atoms with Gasteiger partial charge >= 0.3 is 0 Å². The van der Waals surface area contributed by atoms with Crippen molar-refractivity contribution in [1.82, 2.24) is 4.98 Å². The van der Waals surface area contributed by atoms with Gasteiger partial charge in [-0.2, -0.15) is 0 Å². The van der Waals surface area contributed by atoms with Crippen molar-refractivity contribution in [1.29, 1.82) is 0 Å². The van der Waals surface area contributed by atoms with E-state index in [1.165, 1.54) is 18.7 Å². The molecule has 2 heterocycles. The Hall–Kier alpha value is -2.69. The van der Waals surface area contributed by atoms with E-state index < -0.39 is 0 Å². The Kier molecular flexibility index (Phi) is 3.87. The van der Waals surface area contributed by atoms with Crippen LogP contribution in [0, 0.1) is 0 Å². The Balaban J connectivity index is 1.90. The van der Waals surface area contributed by atoms with E-state index in [-0.39, 0.29) is 11.8 Å². The molecule has 0 bridgehead atoms. The summed E-state index contributed by atoms with van der Waals surface area (Å²) in [5.74, 6) is 0.116. The third kappa shape index (κ3) is 2.83. The molecule has 3 rings (SSSR count). The molecule has 112 valence electrons. The zero-order chi connectivity index (χ0) is 15.5. The number of aromatic nitrogens is 1. The number of rotatable bonds is 2. The van der Waals surface area contributed by atoms with Crippen molar-refractivity contribution in [3.8, 4) is 0 Å². The molecule has 5 nitrogen and oxygen atoms in total. The average molecular weight is 295 g/mol. The lowest BCUT2D eigenvalue weighted by Crippen LogP contribution is -2.35. The Morgan fingerprint density at radius 1 is 1.23 bits per heavy atom. The summed E-state index contributed by atoms with van der Waals surface area (Å²) in [6.45, 7) is 2.12. The summed E-state index contributed by atoms with van der Waals surface area (Å²) in [5, 5.41) is 2.60. The molecule has 1 aromatic heterocycles. The third-order valence-corrected chi connectivity index (χ3v) is 3.67. The van der Waals surface area contributed by atoms with Crippen LogP contribution in [0.3, 0.4) is 0 Å². The second kappa shape index (κ2) is 5.97. The number of aryl methyl sites for hydroxylation is 1. The Morgan fingerprint density at radius 2 is 2.05 bits per heavy atom. The van der Waals surface area contributed by atoms with Crippen LogP contribution in [-0.2, 0) is 11.2 Å². The van der Waals surface area contributed by atoms with Crippen molar-refractivity contribution < 1.29 is 9.59 Å². The van der Waals surface area contributed by atoms with E-state index >= 15 is 0 Å². The number of hydrogen-bond acceptors (Lipinski definition) is 3. The SMILES string of the molecule is CC(=O)Nc1cc(C(=O)N2CCCc3ccccc32)ccn1. The number of carbonyl (C=O) groups excluding carboxylic acids is 2. The highest BCUT2D eigenvalue weighted by Crippen LogP contribution is 2.28. The number of nitrogens with one attached hydrogen (secondary N) is 1. The lowest BCUT2D eigenvalue weighted by molar-refractivity contribution is -0.114. The first-order chi connectivity index (χ1) is 10.6. The van der Waals surface area contributed by atoms with Gasteiger partial charge in [0.25, 0.3) is 5.91 Å². The average Bonchev–Trinajstić information content (AvgIpc) is 2.53. The van der Waals surface area contributed by atoms with E-state index in [0.29, 0.717) is 17.9 Å². The van der Waals surface area contributed by atoms with Gasteiger partial charge in [0.2, 0.25) is 5.91 Å². The number of para-hydroxylation sites is 1. The van der Waals surface area contributed by atoms with Gasteiger partial charge in [-0.05, 0) is 36.6 Å². The fourth-order valence-corrected chi connectivity index (χ4v) is 2.71. The Morgan fingerprint density at radius 3 is 2.86 bits per heavy atom. The van der Waals surface area contributed by atoms with E-state index in [0.717, 1.165) is 18.5 Å². The van der Waals surface area contributed by atoms with Crippen LogP contribution in [0.4, 0.5) is 11.5 Å². The minimum absolute atomic E-state index is 0.0684. The van der Waals surface area contributed by atoms with Gasteiger partial charge in [0.15, 0.2) is 0 Å². The fraction of sp³-hybridized carbons (Fsp3) is 0.235. The second-order valence-corrected chi connectivity index (χ2v) is 5.30. The molecule has 5 heteroatoms. The number of fused-ring (bicyclic) bond motifs is 1. The van der Waals surface area contributed by atoms with Gasteiger partial charge in [0, 0.05) is 30.9 Å². The summed E-state index contributed by atoms with van der Waals surface area (Å²) in [4.78, 5) is 29.7. The fourth-order valence-electron chi connectivity index (χ4n) is 2.71. The predicted octanol–water partition coefficient (Wildman–Crippen LogP) is 2.63. The molecule has 1 aliphatic heterocycles. The molecular formula is C17H17N3O2. The molecule has 0 unspecified atom stereocenters. The molecule has 0 saturated heterocycles. The smallest absolute Gasteiger partial charge is 0.258 e. The Labute approximate surface area is 129 Å². The molecule has 1 N–H and O–H groups in total. The van der Waals surface area contributed by atoms with Crippen molar-refractivity contribution in [2.24, 2.45) is 0 Å². The highest BCUT2D eigenvalue weighted by Gasteiger charge is 2.23. The third-order valence-electron chi connectivity index (χ3n) is 3.67. The summed E-state index contributed by atoms with van der Waals surface area (Å²) in [6, 6.07) is 11.3. The van der Waals surface area contributed by atoms with Crippen LogP contribution < -0.4 is 10.2 Å². The first-order valence-corrected chi connectivity index (χ1v) is 7.28. The van der Waals surface area contributed by atoms with Gasteiger partial charge < -0.3 is 10.2 Å². The topological polar surface area (TPSA) is 62.3 Å². The largest absolute Gasteiger partial charge is 0.311 e. The van der Waals surface area contributed by atoms with Gasteiger partial charge in [0.05, 0.1) is 0 Å². The normalized spacial score (nSPS) is 13.4. The first kappa shape index (κ1) is 14.3. The van der Waals surface area contributed by atoms with Crippen LogP contribution in [0.25, 0.3) is 0 Å². The van der Waals surface area contributed by atoms with Crippen LogP contribution in [0.2, 0.25) is 0 Å². The molecule has 0 fully saturated rings. The number of amides is 2. The molecule has 0 atom stereocenters. The van der Waals surface area contributed by atoms with Crippen molar-refractivity contribution in [2.45, 2.75) is 19.8 Å². The molecule has 1 aliphatic rings. The molecule has 22 heavy (non-hydrogen) atoms. The van der Waals surface area contributed by atoms with E-state index in [1.54, 1.807) is 17.0 Å². The van der Waals surface area contributed by atoms with Crippen molar-refractivity contribution in [2.75, 3.05) is 16.8 Å². The van der Waals surface area contributed by atoms with Gasteiger partial charge in [0.1, 0.15) is 5.82 Å². The molecule has 0 spiro atoms. The van der Waals surface area contributed by atoms with E-state index in [2.05, 4.69) is 16.4 Å².